The third kappa shape index (κ3) is 3.75. The number of amides is 1. The summed E-state index contributed by atoms with van der Waals surface area (Å²) in [5.41, 5.74) is 3.94. The van der Waals surface area contributed by atoms with Crippen molar-refractivity contribution in [1.82, 2.24) is 5.43 Å². The number of hydrazone groups is 1. The second-order valence-electron chi connectivity index (χ2n) is 4.18. The largest absolute Gasteiger partial charge is 0.433 e. The Kier molecular flexibility index (Phi) is 4.45. The number of nitrogens with zero attached hydrogens (tertiary/aromatic N) is 2. The molecule has 7 nitrogen and oxygen atoms in total. The summed E-state index contributed by atoms with van der Waals surface area (Å²) in [6, 6.07) is 9.77. The summed E-state index contributed by atoms with van der Waals surface area (Å²) in [6.07, 6.45) is 2.10. The van der Waals surface area contributed by atoms with Crippen LogP contribution in [0, 0.1) is 10.1 Å². The minimum Gasteiger partial charge on any atom is -0.400 e. The lowest BCUT2D eigenvalue weighted by atomic mass is 10.1. The van der Waals surface area contributed by atoms with Crippen LogP contribution >= 0.6 is 0 Å². The molecule has 0 bridgehead atoms. The van der Waals surface area contributed by atoms with Crippen LogP contribution in [0.4, 0.5) is 5.88 Å². The van der Waals surface area contributed by atoms with Gasteiger partial charge in [-0.05, 0) is 30.2 Å². The summed E-state index contributed by atoms with van der Waals surface area (Å²) in [5, 5.41) is 14.1. The van der Waals surface area contributed by atoms with Crippen molar-refractivity contribution in [2.45, 2.75) is 13.3 Å². The Morgan fingerprint density at radius 1 is 1.33 bits per heavy atom. The van der Waals surface area contributed by atoms with Gasteiger partial charge in [-0.25, -0.2) is 5.43 Å². The molecule has 0 aliphatic rings. The lowest BCUT2D eigenvalue weighted by Gasteiger charge is -2.00. The first-order chi connectivity index (χ1) is 10.1. The monoisotopic (exact) mass is 287 g/mol. The maximum atomic E-state index is 11.8. The van der Waals surface area contributed by atoms with E-state index in [2.05, 4.69) is 10.5 Å². The van der Waals surface area contributed by atoms with E-state index in [9.17, 15) is 14.9 Å². The molecule has 0 spiro atoms. The number of carbonyl (C=O) groups is 1. The number of hydrogen-bond acceptors (Lipinski definition) is 5. The number of carbonyl (C=O) groups excluding carboxylic acids is 1. The average Bonchev–Trinajstić information content (AvgIpc) is 2.96. The highest BCUT2D eigenvalue weighted by Crippen LogP contribution is 2.13. The zero-order valence-corrected chi connectivity index (χ0v) is 11.3. The molecule has 0 aliphatic carbocycles. The van der Waals surface area contributed by atoms with Crippen molar-refractivity contribution in [3.8, 4) is 0 Å². The van der Waals surface area contributed by atoms with Crippen molar-refractivity contribution >= 4 is 18.0 Å². The van der Waals surface area contributed by atoms with Gasteiger partial charge in [0.2, 0.25) is 0 Å². The van der Waals surface area contributed by atoms with Gasteiger partial charge in [-0.2, -0.15) is 5.10 Å². The van der Waals surface area contributed by atoms with E-state index in [1.807, 2.05) is 19.1 Å². The normalized spacial score (nSPS) is 10.7. The standard InChI is InChI=1S/C14H13N3O4/c1-2-10-3-5-11(6-4-10)14(18)16-15-9-12-7-8-13(21-12)17(19)20/h3-9H,2H2,1H3,(H,16,18)/b15-9+. The van der Waals surface area contributed by atoms with Crippen molar-refractivity contribution in [1.29, 1.82) is 0 Å². The summed E-state index contributed by atoms with van der Waals surface area (Å²) in [5.74, 6) is -0.559. The van der Waals surface area contributed by atoms with E-state index in [4.69, 9.17) is 4.42 Å². The van der Waals surface area contributed by atoms with Gasteiger partial charge in [-0.1, -0.05) is 19.1 Å². The van der Waals surface area contributed by atoms with Gasteiger partial charge in [0.15, 0.2) is 5.76 Å². The van der Waals surface area contributed by atoms with Gasteiger partial charge in [0.1, 0.15) is 4.92 Å². The predicted molar refractivity (Wildman–Crippen MR) is 76.2 cm³/mol. The lowest BCUT2D eigenvalue weighted by molar-refractivity contribution is -0.402. The van der Waals surface area contributed by atoms with E-state index in [1.165, 1.54) is 18.3 Å². The molecule has 1 aromatic carbocycles. The molecule has 0 saturated heterocycles. The van der Waals surface area contributed by atoms with Crippen molar-refractivity contribution in [3.05, 3.63) is 63.4 Å². The first kappa shape index (κ1) is 14.4. The fraction of sp³-hybridized carbons (Fsp3) is 0.143. The molecule has 1 aromatic heterocycles. The van der Waals surface area contributed by atoms with Crippen LogP contribution in [-0.2, 0) is 6.42 Å². The smallest absolute Gasteiger partial charge is 0.400 e. The summed E-state index contributed by atoms with van der Waals surface area (Å²) in [4.78, 5) is 21.6. The predicted octanol–water partition coefficient (Wildman–Crippen LogP) is 2.51. The summed E-state index contributed by atoms with van der Waals surface area (Å²) >= 11 is 0. The summed E-state index contributed by atoms with van der Waals surface area (Å²) in [6.45, 7) is 2.03. The Morgan fingerprint density at radius 2 is 2.05 bits per heavy atom. The van der Waals surface area contributed by atoms with Crippen LogP contribution in [0.2, 0.25) is 0 Å². The molecule has 2 rings (SSSR count). The van der Waals surface area contributed by atoms with Crippen LogP contribution in [0.25, 0.3) is 0 Å². The molecular formula is C14H13N3O4. The van der Waals surface area contributed by atoms with E-state index in [0.717, 1.165) is 12.0 Å². The maximum Gasteiger partial charge on any atom is 0.433 e. The van der Waals surface area contributed by atoms with E-state index >= 15 is 0 Å². The Morgan fingerprint density at radius 3 is 2.62 bits per heavy atom. The minimum atomic E-state index is -0.648. The number of nitrogens with one attached hydrogen (secondary N) is 1. The van der Waals surface area contributed by atoms with Gasteiger partial charge >= 0.3 is 5.88 Å². The molecule has 0 aliphatic heterocycles. The zero-order chi connectivity index (χ0) is 15.2. The van der Waals surface area contributed by atoms with Gasteiger partial charge in [-0.15, -0.1) is 0 Å². The second kappa shape index (κ2) is 6.47. The Balaban J connectivity index is 1.95. The quantitative estimate of drug-likeness (QED) is 0.519. The highest BCUT2D eigenvalue weighted by Gasteiger charge is 2.10. The van der Waals surface area contributed by atoms with Crippen LogP contribution in [0.5, 0.6) is 0 Å². The summed E-state index contributed by atoms with van der Waals surface area (Å²) < 4.78 is 4.86. The average molecular weight is 287 g/mol. The number of nitro groups is 1. The number of benzene rings is 1. The van der Waals surface area contributed by atoms with Crippen LogP contribution in [0.1, 0.15) is 28.6 Å². The Labute approximate surface area is 120 Å². The van der Waals surface area contributed by atoms with Gasteiger partial charge in [0.25, 0.3) is 5.91 Å². The number of aryl methyl sites for hydroxylation is 1. The molecule has 0 fully saturated rings. The molecular weight excluding hydrogens is 274 g/mol. The topological polar surface area (TPSA) is 97.7 Å². The molecule has 2 aromatic rings. The molecule has 1 heterocycles. The fourth-order valence-corrected chi connectivity index (χ4v) is 1.62. The van der Waals surface area contributed by atoms with Gasteiger partial charge in [-0.3, -0.25) is 14.9 Å². The van der Waals surface area contributed by atoms with Gasteiger partial charge in [0, 0.05) is 5.56 Å². The van der Waals surface area contributed by atoms with Crippen LogP contribution < -0.4 is 5.43 Å². The third-order valence-electron chi connectivity index (χ3n) is 2.77. The molecule has 21 heavy (non-hydrogen) atoms. The molecule has 1 N–H and O–H groups in total. The Bertz CT molecular complexity index is 674. The van der Waals surface area contributed by atoms with Crippen LogP contribution in [0.3, 0.4) is 0 Å². The molecule has 0 saturated carbocycles. The van der Waals surface area contributed by atoms with E-state index < -0.39 is 4.92 Å². The van der Waals surface area contributed by atoms with Crippen LogP contribution in [0.15, 0.2) is 45.9 Å². The molecule has 7 heteroatoms. The van der Waals surface area contributed by atoms with Gasteiger partial charge in [0.05, 0.1) is 12.3 Å². The zero-order valence-electron chi connectivity index (χ0n) is 11.3. The Hall–Kier alpha value is -2.96. The fourth-order valence-electron chi connectivity index (χ4n) is 1.62. The highest BCUT2D eigenvalue weighted by atomic mass is 16.6. The molecule has 0 atom stereocenters. The maximum absolute atomic E-state index is 11.8. The first-order valence-electron chi connectivity index (χ1n) is 6.26. The number of hydrogen-bond donors (Lipinski definition) is 1. The summed E-state index contributed by atoms with van der Waals surface area (Å²) in [7, 11) is 0. The van der Waals surface area contributed by atoms with Gasteiger partial charge < -0.3 is 4.42 Å². The van der Waals surface area contributed by atoms with Crippen molar-refractivity contribution in [3.63, 3.8) is 0 Å². The number of furan rings is 1. The second-order valence-corrected chi connectivity index (χ2v) is 4.18. The molecule has 1 amide bonds. The van der Waals surface area contributed by atoms with Crippen molar-refractivity contribution < 1.29 is 14.1 Å². The van der Waals surface area contributed by atoms with E-state index in [1.54, 1.807) is 12.1 Å². The molecule has 108 valence electrons. The SMILES string of the molecule is CCc1ccc(C(=O)N/N=C/c2ccc([N+](=O)[O-])o2)cc1. The van der Waals surface area contributed by atoms with Crippen molar-refractivity contribution in [2.75, 3.05) is 0 Å². The molecule has 0 radical (unpaired) electrons. The van der Waals surface area contributed by atoms with Crippen molar-refractivity contribution in [2.24, 2.45) is 5.10 Å². The lowest BCUT2D eigenvalue weighted by Crippen LogP contribution is -2.17. The number of rotatable bonds is 5. The molecule has 0 unspecified atom stereocenters. The third-order valence-corrected chi connectivity index (χ3v) is 2.77. The van der Waals surface area contributed by atoms with E-state index in [-0.39, 0.29) is 17.6 Å². The first-order valence-corrected chi connectivity index (χ1v) is 6.26. The van der Waals surface area contributed by atoms with Crippen LogP contribution in [-0.4, -0.2) is 17.0 Å². The van der Waals surface area contributed by atoms with E-state index in [0.29, 0.717) is 5.56 Å². The minimum absolute atomic E-state index is 0.184. The highest BCUT2D eigenvalue weighted by molar-refractivity contribution is 5.94.